The fourth-order valence-corrected chi connectivity index (χ4v) is 2.72. The summed E-state index contributed by atoms with van der Waals surface area (Å²) in [4.78, 5) is 23.7. The third-order valence-corrected chi connectivity index (χ3v) is 3.61. The van der Waals surface area contributed by atoms with E-state index in [1.165, 1.54) is 18.2 Å². The fourth-order valence-electron chi connectivity index (χ4n) is 2.72. The van der Waals surface area contributed by atoms with E-state index >= 15 is 0 Å². The molecule has 2 aliphatic rings. The minimum absolute atomic E-state index is 0.106. The highest BCUT2D eigenvalue weighted by Crippen LogP contribution is 2.46. The maximum Gasteiger partial charge on any atom is 0.334 e. The van der Waals surface area contributed by atoms with E-state index in [-0.39, 0.29) is 29.1 Å². The number of rotatable bonds is 0. The first-order valence-electron chi connectivity index (χ1n) is 5.90. The Morgan fingerprint density at radius 2 is 2.11 bits per heavy atom. The predicted octanol–water partition coefficient (Wildman–Crippen LogP) is 1.25. The van der Waals surface area contributed by atoms with E-state index in [1.807, 2.05) is 0 Å². The van der Waals surface area contributed by atoms with E-state index < -0.39 is 17.7 Å². The van der Waals surface area contributed by atoms with Gasteiger partial charge in [-0.2, -0.15) is 0 Å². The first kappa shape index (κ1) is 11.9. The number of hydrogen-bond acceptors (Lipinski definition) is 5. The van der Waals surface area contributed by atoms with Crippen LogP contribution in [0.15, 0.2) is 29.8 Å². The first-order valence-corrected chi connectivity index (χ1v) is 5.90. The molecule has 2 atom stereocenters. The summed E-state index contributed by atoms with van der Waals surface area (Å²) in [6.07, 6.45) is 0.167. The minimum atomic E-state index is -1.33. The van der Waals surface area contributed by atoms with Crippen molar-refractivity contribution in [2.45, 2.75) is 25.0 Å². The Balaban J connectivity index is 2.17. The summed E-state index contributed by atoms with van der Waals surface area (Å²) in [5.41, 5.74) is -0.570. The number of ketones is 1. The van der Waals surface area contributed by atoms with Crippen molar-refractivity contribution in [3.8, 4) is 5.75 Å². The van der Waals surface area contributed by atoms with Gasteiger partial charge in [0, 0.05) is 5.57 Å². The van der Waals surface area contributed by atoms with E-state index in [9.17, 15) is 19.8 Å². The molecular formula is C14H12O5. The average molecular weight is 260 g/mol. The highest BCUT2D eigenvalue weighted by atomic mass is 16.6. The number of ether oxygens (including phenoxy) is 1. The molecule has 98 valence electrons. The van der Waals surface area contributed by atoms with Gasteiger partial charge in [-0.05, 0) is 24.6 Å². The summed E-state index contributed by atoms with van der Waals surface area (Å²) in [6.45, 7) is 1.58. The van der Waals surface area contributed by atoms with Gasteiger partial charge in [0.05, 0.1) is 12.0 Å². The molecule has 0 aromatic heterocycles. The molecule has 0 unspecified atom stereocenters. The van der Waals surface area contributed by atoms with E-state index in [0.29, 0.717) is 5.57 Å². The summed E-state index contributed by atoms with van der Waals surface area (Å²) < 4.78 is 5.20. The van der Waals surface area contributed by atoms with Crippen LogP contribution in [0.4, 0.5) is 0 Å². The van der Waals surface area contributed by atoms with Gasteiger partial charge in [-0.25, -0.2) is 4.79 Å². The van der Waals surface area contributed by atoms with Crippen LogP contribution in [0.2, 0.25) is 0 Å². The predicted molar refractivity (Wildman–Crippen MR) is 64.6 cm³/mol. The van der Waals surface area contributed by atoms with Gasteiger partial charge in [-0.15, -0.1) is 0 Å². The Labute approximate surface area is 109 Å². The molecular weight excluding hydrogens is 248 g/mol. The fraction of sp³-hybridized carbons (Fsp3) is 0.286. The molecule has 0 fully saturated rings. The second-order valence-corrected chi connectivity index (χ2v) is 4.92. The van der Waals surface area contributed by atoms with Crippen molar-refractivity contribution in [3.63, 3.8) is 0 Å². The maximum atomic E-state index is 12.1. The molecule has 2 N–H and O–H groups in total. The minimum Gasteiger partial charge on any atom is -0.507 e. The summed E-state index contributed by atoms with van der Waals surface area (Å²) in [6, 6.07) is 4.48. The number of esters is 1. The lowest BCUT2D eigenvalue weighted by atomic mass is 9.77. The molecule has 1 aromatic carbocycles. The zero-order chi connectivity index (χ0) is 13.8. The van der Waals surface area contributed by atoms with Gasteiger partial charge in [0.1, 0.15) is 11.9 Å². The number of aromatic hydroxyl groups is 1. The van der Waals surface area contributed by atoms with Crippen molar-refractivity contribution in [2.24, 2.45) is 0 Å². The number of benzene rings is 1. The second kappa shape index (κ2) is 3.68. The van der Waals surface area contributed by atoms with Crippen molar-refractivity contribution in [3.05, 3.63) is 41.0 Å². The number of phenols is 1. The summed E-state index contributed by atoms with van der Waals surface area (Å²) in [7, 11) is 0. The van der Waals surface area contributed by atoms with Gasteiger partial charge >= 0.3 is 5.97 Å². The number of hydrogen-bond donors (Lipinski definition) is 2. The molecule has 19 heavy (non-hydrogen) atoms. The van der Waals surface area contributed by atoms with Crippen LogP contribution in [-0.2, 0) is 9.53 Å². The quantitative estimate of drug-likeness (QED) is 0.686. The lowest BCUT2D eigenvalue weighted by Gasteiger charge is -2.36. The topological polar surface area (TPSA) is 83.8 Å². The number of phenolic OH excluding ortho intramolecular Hbond substituents is 1. The molecule has 0 bridgehead atoms. The molecule has 0 saturated heterocycles. The van der Waals surface area contributed by atoms with Crippen molar-refractivity contribution < 1.29 is 24.5 Å². The number of fused-ring (bicyclic) bond motifs is 1. The molecule has 1 spiro atoms. The molecule has 1 aliphatic heterocycles. The van der Waals surface area contributed by atoms with Crippen LogP contribution < -0.4 is 0 Å². The van der Waals surface area contributed by atoms with Crippen LogP contribution in [0.3, 0.4) is 0 Å². The van der Waals surface area contributed by atoms with Crippen LogP contribution in [0.5, 0.6) is 5.75 Å². The van der Waals surface area contributed by atoms with Gasteiger partial charge < -0.3 is 14.9 Å². The number of aliphatic hydroxyl groups excluding tert-OH is 1. The van der Waals surface area contributed by atoms with Crippen LogP contribution in [0.25, 0.3) is 0 Å². The molecule has 1 aliphatic carbocycles. The van der Waals surface area contributed by atoms with Crippen LogP contribution in [0, 0.1) is 0 Å². The molecule has 1 aromatic rings. The molecule has 5 nitrogen and oxygen atoms in total. The standard InChI is InChI=1S/C14H12O5/c1-7-5-14(19-13(7)18)6-10(16)11-8(12(14)17)3-2-4-9(11)15/h2-5,12,15,17H,6H2,1H3/t12-,14-/m1/s1. The highest BCUT2D eigenvalue weighted by molar-refractivity contribution is 6.03. The van der Waals surface area contributed by atoms with E-state index in [0.717, 1.165) is 0 Å². The Morgan fingerprint density at radius 1 is 1.37 bits per heavy atom. The first-order chi connectivity index (χ1) is 8.94. The Hall–Kier alpha value is -2.14. The lowest BCUT2D eigenvalue weighted by molar-refractivity contribution is -0.156. The second-order valence-electron chi connectivity index (χ2n) is 4.92. The normalized spacial score (nSPS) is 29.2. The van der Waals surface area contributed by atoms with E-state index in [2.05, 4.69) is 0 Å². The SMILES string of the molecule is CC1=C[C@]2(CC(=O)c3c(O)cccc3[C@H]2O)OC1=O. The maximum absolute atomic E-state index is 12.1. The van der Waals surface area contributed by atoms with Crippen molar-refractivity contribution in [2.75, 3.05) is 0 Å². The zero-order valence-electron chi connectivity index (χ0n) is 10.2. The molecule has 0 saturated carbocycles. The molecule has 0 amide bonds. The number of aliphatic hydroxyl groups is 1. The molecule has 1 heterocycles. The summed E-state index contributed by atoms with van der Waals surface area (Å²) in [5, 5.41) is 20.1. The van der Waals surface area contributed by atoms with Crippen molar-refractivity contribution in [1.82, 2.24) is 0 Å². The number of Topliss-reactive ketones (excluding diaryl/α,β-unsaturated/α-hetero) is 1. The molecule has 0 radical (unpaired) electrons. The largest absolute Gasteiger partial charge is 0.507 e. The Morgan fingerprint density at radius 3 is 2.74 bits per heavy atom. The van der Waals surface area contributed by atoms with Crippen LogP contribution >= 0.6 is 0 Å². The van der Waals surface area contributed by atoms with Crippen molar-refractivity contribution >= 4 is 11.8 Å². The van der Waals surface area contributed by atoms with E-state index in [4.69, 9.17) is 4.74 Å². The van der Waals surface area contributed by atoms with Gasteiger partial charge in [0.15, 0.2) is 11.4 Å². The highest BCUT2D eigenvalue weighted by Gasteiger charge is 2.51. The Kier molecular flexibility index (Phi) is 2.31. The third kappa shape index (κ3) is 1.51. The summed E-state index contributed by atoms with van der Waals surface area (Å²) >= 11 is 0. The number of carbonyl (C=O) groups excluding carboxylic acids is 2. The lowest BCUT2D eigenvalue weighted by Crippen LogP contribution is -2.42. The van der Waals surface area contributed by atoms with E-state index in [1.54, 1.807) is 13.0 Å². The van der Waals surface area contributed by atoms with Crippen LogP contribution in [-0.4, -0.2) is 27.6 Å². The third-order valence-electron chi connectivity index (χ3n) is 3.61. The van der Waals surface area contributed by atoms with Gasteiger partial charge in [-0.3, -0.25) is 4.79 Å². The monoisotopic (exact) mass is 260 g/mol. The zero-order valence-corrected chi connectivity index (χ0v) is 10.2. The van der Waals surface area contributed by atoms with Crippen LogP contribution in [0.1, 0.15) is 35.4 Å². The smallest absolute Gasteiger partial charge is 0.334 e. The Bertz CT molecular complexity index is 631. The molecule has 3 rings (SSSR count). The van der Waals surface area contributed by atoms with Crippen molar-refractivity contribution in [1.29, 1.82) is 0 Å². The molecule has 5 heteroatoms. The van der Waals surface area contributed by atoms with Gasteiger partial charge in [0.25, 0.3) is 0 Å². The summed E-state index contributed by atoms with van der Waals surface area (Å²) in [5.74, 6) is -1.05. The average Bonchev–Trinajstić information content (AvgIpc) is 2.62. The number of carbonyl (C=O) groups is 2. The van der Waals surface area contributed by atoms with Gasteiger partial charge in [0.2, 0.25) is 0 Å². The van der Waals surface area contributed by atoms with Gasteiger partial charge in [-0.1, -0.05) is 12.1 Å².